The Hall–Kier alpha value is -3.40. The molecule has 0 spiro atoms. The van der Waals surface area contributed by atoms with E-state index in [2.05, 4.69) is 0 Å². The number of ketones is 1. The van der Waals surface area contributed by atoms with Crippen molar-refractivity contribution in [2.45, 2.75) is 13.5 Å². The van der Waals surface area contributed by atoms with E-state index in [1.165, 1.54) is 6.07 Å². The van der Waals surface area contributed by atoms with Crippen LogP contribution < -0.4 is 9.47 Å². The van der Waals surface area contributed by atoms with Crippen LogP contribution >= 0.6 is 0 Å². The Morgan fingerprint density at radius 1 is 1.00 bits per heavy atom. The fraction of sp³-hybridized carbons (Fsp3) is 0.0870. The minimum absolute atomic E-state index is 0.104. The molecule has 1 aliphatic heterocycles. The minimum atomic E-state index is -0.309. The molecular weight excluding hydrogens is 343 g/mol. The van der Waals surface area contributed by atoms with Crippen LogP contribution in [0.5, 0.6) is 11.5 Å². The van der Waals surface area contributed by atoms with E-state index in [4.69, 9.17) is 9.47 Å². The molecule has 0 fully saturated rings. The third kappa shape index (κ3) is 3.34. The Morgan fingerprint density at radius 3 is 2.52 bits per heavy atom. The molecule has 0 unspecified atom stereocenters. The van der Waals surface area contributed by atoms with Gasteiger partial charge in [0.1, 0.15) is 23.9 Å². The van der Waals surface area contributed by atoms with Crippen molar-refractivity contribution in [3.05, 3.63) is 101 Å². The number of rotatable bonds is 4. The number of hydrogen-bond acceptors (Lipinski definition) is 3. The molecular formula is C23H17FO3. The molecule has 27 heavy (non-hydrogen) atoms. The highest BCUT2D eigenvalue weighted by Gasteiger charge is 2.30. The summed E-state index contributed by atoms with van der Waals surface area (Å²) >= 11 is 0. The first-order valence-corrected chi connectivity index (χ1v) is 8.62. The lowest BCUT2D eigenvalue weighted by Gasteiger charge is -2.12. The van der Waals surface area contributed by atoms with Crippen LogP contribution in [0.1, 0.15) is 27.0 Å². The third-order valence-electron chi connectivity index (χ3n) is 4.47. The van der Waals surface area contributed by atoms with Gasteiger partial charge in [-0.15, -0.1) is 0 Å². The zero-order chi connectivity index (χ0) is 18.8. The summed E-state index contributed by atoms with van der Waals surface area (Å²) in [5.41, 5.74) is 2.59. The van der Waals surface area contributed by atoms with Gasteiger partial charge in [0.05, 0.1) is 5.56 Å². The Bertz CT molecular complexity index is 1040. The number of fused-ring (bicyclic) bond motifs is 1. The molecule has 3 aromatic rings. The van der Waals surface area contributed by atoms with E-state index in [0.717, 1.165) is 5.56 Å². The van der Waals surface area contributed by atoms with E-state index in [-0.39, 0.29) is 24.0 Å². The van der Waals surface area contributed by atoms with Crippen LogP contribution in [0, 0.1) is 12.7 Å². The number of hydrogen-bond donors (Lipinski definition) is 0. The zero-order valence-electron chi connectivity index (χ0n) is 14.7. The quantitative estimate of drug-likeness (QED) is 0.590. The Morgan fingerprint density at radius 2 is 1.74 bits per heavy atom. The number of allylic oxidation sites excluding steroid dienone is 1. The second kappa shape index (κ2) is 7.08. The molecule has 0 bridgehead atoms. The number of carbonyl (C=O) groups is 1. The van der Waals surface area contributed by atoms with Crippen LogP contribution in [0.4, 0.5) is 4.39 Å². The lowest BCUT2D eigenvalue weighted by molar-refractivity contribution is 0.101. The van der Waals surface area contributed by atoms with E-state index in [1.54, 1.807) is 36.4 Å². The largest absolute Gasteiger partial charge is 0.488 e. The summed E-state index contributed by atoms with van der Waals surface area (Å²) in [7, 11) is 0. The molecule has 0 saturated carbocycles. The molecule has 3 aromatic carbocycles. The van der Waals surface area contributed by atoms with Crippen LogP contribution in [0.3, 0.4) is 0 Å². The molecule has 0 amide bonds. The molecule has 0 aromatic heterocycles. The average Bonchev–Trinajstić information content (AvgIpc) is 3.00. The van der Waals surface area contributed by atoms with Crippen LogP contribution in [-0.2, 0) is 6.61 Å². The highest BCUT2D eigenvalue weighted by Crippen LogP contribution is 2.39. The number of halogens is 1. The first-order valence-electron chi connectivity index (χ1n) is 8.62. The molecule has 0 radical (unpaired) electrons. The van der Waals surface area contributed by atoms with Gasteiger partial charge in [-0.25, -0.2) is 4.39 Å². The Balaban J connectivity index is 1.59. The molecule has 3 nitrogen and oxygen atoms in total. The van der Waals surface area contributed by atoms with Gasteiger partial charge in [-0.05, 0) is 36.8 Å². The van der Waals surface area contributed by atoms with Gasteiger partial charge in [0.25, 0.3) is 0 Å². The van der Waals surface area contributed by atoms with Gasteiger partial charge in [0.2, 0.25) is 5.78 Å². The maximum absolute atomic E-state index is 13.8. The molecule has 0 aliphatic carbocycles. The fourth-order valence-electron chi connectivity index (χ4n) is 3.00. The van der Waals surface area contributed by atoms with Crippen molar-refractivity contribution in [3.8, 4) is 11.5 Å². The van der Waals surface area contributed by atoms with Crippen LogP contribution in [0.25, 0.3) is 6.08 Å². The maximum atomic E-state index is 13.8. The Kier molecular flexibility index (Phi) is 4.47. The topological polar surface area (TPSA) is 35.5 Å². The lowest BCUT2D eigenvalue weighted by Crippen LogP contribution is -2.00. The van der Waals surface area contributed by atoms with Gasteiger partial charge in [-0.2, -0.15) is 0 Å². The monoisotopic (exact) mass is 360 g/mol. The number of benzene rings is 3. The minimum Gasteiger partial charge on any atom is -0.488 e. The Labute approximate surface area is 156 Å². The van der Waals surface area contributed by atoms with Gasteiger partial charge in [0, 0.05) is 11.1 Å². The third-order valence-corrected chi connectivity index (χ3v) is 4.47. The SMILES string of the molecule is Cc1c(OCc2ccccc2F)ccc2c1O/C(=C\c1ccccc1)C2=O. The summed E-state index contributed by atoms with van der Waals surface area (Å²) in [6, 6.07) is 19.4. The highest BCUT2D eigenvalue weighted by atomic mass is 19.1. The van der Waals surface area contributed by atoms with E-state index in [9.17, 15) is 9.18 Å². The molecule has 4 heteroatoms. The fourth-order valence-corrected chi connectivity index (χ4v) is 3.00. The van der Waals surface area contributed by atoms with Gasteiger partial charge in [0.15, 0.2) is 5.76 Å². The second-order valence-corrected chi connectivity index (χ2v) is 6.30. The number of carbonyl (C=O) groups excluding carboxylic acids is 1. The summed E-state index contributed by atoms with van der Waals surface area (Å²) < 4.78 is 25.4. The van der Waals surface area contributed by atoms with Crippen molar-refractivity contribution in [1.82, 2.24) is 0 Å². The van der Waals surface area contributed by atoms with Crippen molar-refractivity contribution in [3.63, 3.8) is 0 Å². The predicted octanol–water partition coefficient (Wildman–Crippen LogP) is 5.33. The summed E-state index contributed by atoms with van der Waals surface area (Å²) in [5, 5.41) is 0. The lowest BCUT2D eigenvalue weighted by atomic mass is 10.1. The van der Waals surface area contributed by atoms with Crippen molar-refractivity contribution in [1.29, 1.82) is 0 Å². The number of ether oxygens (including phenoxy) is 2. The molecule has 4 rings (SSSR count). The summed E-state index contributed by atoms with van der Waals surface area (Å²) in [6.07, 6.45) is 1.72. The van der Waals surface area contributed by atoms with E-state index in [0.29, 0.717) is 28.2 Å². The summed E-state index contributed by atoms with van der Waals surface area (Å²) in [4.78, 5) is 12.6. The van der Waals surface area contributed by atoms with E-state index < -0.39 is 0 Å². The van der Waals surface area contributed by atoms with Crippen molar-refractivity contribution >= 4 is 11.9 Å². The summed E-state index contributed by atoms with van der Waals surface area (Å²) in [6.45, 7) is 1.93. The van der Waals surface area contributed by atoms with Crippen LogP contribution in [-0.4, -0.2) is 5.78 Å². The molecule has 0 atom stereocenters. The van der Waals surface area contributed by atoms with Crippen molar-refractivity contribution in [2.75, 3.05) is 0 Å². The summed E-state index contributed by atoms with van der Waals surface area (Å²) in [5.74, 6) is 0.873. The van der Waals surface area contributed by atoms with Gasteiger partial charge in [-0.1, -0.05) is 48.5 Å². The molecule has 134 valence electrons. The predicted molar refractivity (Wildman–Crippen MR) is 101 cm³/mol. The van der Waals surface area contributed by atoms with Gasteiger partial charge >= 0.3 is 0 Å². The van der Waals surface area contributed by atoms with E-state index in [1.807, 2.05) is 37.3 Å². The van der Waals surface area contributed by atoms with Crippen LogP contribution in [0.2, 0.25) is 0 Å². The standard InChI is InChI=1S/C23H17FO3/c1-15-20(26-14-17-9-5-6-10-19(17)24)12-11-18-22(25)21(27-23(15)18)13-16-7-3-2-4-8-16/h2-13H,14H2,1H3/b21-13-. The highest BCUT2D eigenvalue weighted by molar-refractivity contribution is 6.14. The van der Waals surface area contributed by atoms with E-state index >= 15 is 0 Å². The van der Waals surface area contributed by atoms with Crippen molar-refractivity contribution < 1.29 is 18.7 Å². The normalized spacial score (nSPS) is 14.1. The van der Waals surface area contributed by atoms with Crippen molar-refractivity contribution in [2.24, 2.45) is 0 Å². The second-order valence-electron chi connectivity index (χ2n) is 6.30. The zero-order valence-corrected chi connectivity index (χ0v) is 14.7. The molecule has 1 heterocycles. The van der Waals surface area contributed by atoms with Gasteiger partial charge in [-0.3, -0.25) is 4.79 Å². The van der Waals surface area contributed by atoms with Gasteiger partial charge < -0.3 is 9.47 Å². The van der Waals surface area contributed by atoms with Crippen LogP contribution in [0.15, 0.2) is 72.5 Å². The number of Topliss-reactive ketones (excluding diaryl/α,β-unsaturated/α-hetero) is 1. The molecule has 0 N–H and O–H groups in total. The average molecular weight is 360 g/mol. The molecule has 1 aliphatic rings. The maximum Gasteiger partial charge on any atom is 0.231 e. The smallest absolute Gasteiger partial charge is 0.231 e. The first-order chi connectivity index (χ1) is 13.1. The first kappa shape index (κ1) is 17.0. The molecule has 0 saturated heterocycles.